The monoisotopic (exact) mass is 274 g/mol. The maximum absolute atomic E-state index is 12.1. The number of nitrogens with zero attached hydrogens (tertiary/aromatic N) is 1. The van der Waals surface area contributed by atoms with E-state index in [4.69, 9.17) is 4.74 Å². The minimum absolute atomic E-state index is 0.124. The summed E-state index contributed by atoms with van der Waals surface area (Å²) in [6.07, 6.45) is -0.181. The number of fused-ring (bicyclic) bond motifs is 1. The fourth-order valence-corrected chi connectivity index (χ4v) is 3.38. The molecular formula is C16H22N2O2. The molecule has 2 aliphatic heterocycles. The summed E-state index contributed by atoms with van der Waals surface area (Å²) in [6.45, 7) is 7.41. The van der Waals surface area contributed by atoms with Crippen molar-refractivity contribution in [2.24, 2.45) is 11.8 Å². The molecule has 0 spiro atoms. The number of benzene rings is 1. The highest BCUT2D eigenvalue weighted by Crippen LogP contribution is 2.37. The molecule has 0 aliphatic carbocycles. The Morgan fingerprint density at radius 1 is 1.35 bits per heavy atom. The van der Waals surface area contributed by atoms with Gasteiger partial charge in [0.15, 0.2) is 0 Å². The molecule has 2 saturated heterocycles. The van der Waals surface area contributed by atoms with E-state index in [9.17, 15) is 4.79 Å². The molecule has 4 nitrogen and oxygen atoms in total. The van der Waals surface area contributed by atoms with Crippen LogP contribution in [-0.2, 0) is 11.3 Å². The van der Waals surface area contributed by atoms with Crippen LogP contribution in [0.4, 0.5) is 4.79 Å². The molecule has 0 radical (unpaired) electrons. The Kier molecular flexibility index (Phi) is 3.42. The molecule has 2 fully saturated rings. The minimum atomic E-state index is -0.181. The highest BCUT2D eigenvalue weighted by molar-refractivity contribution is 5.68. The van der Waals surface area contributed by atoms with E-state index in [0.29, 0.717) is 18.4 Å². The molecule has 0 saturated carbocycles. The topological polar surface area (TPSA) is 41.6 Å². The zero-order valence-corrected chi connectivity index (χ0v) is 12.1. The third-order valence-electron chi connectivity index (χ3n) is 4.65. The number of rotatable bonds is 2. The van der Waals surface area contributed by atoms with Crippen molar-refractivity contribution in [1.82, 2.24) is 10.2 Å². The molecule has 2 aliphatic rings. The number of ether oxygens (including phenoxy) is 1. The van der Waals surface area contributed by atoms with Gasteiger partial charge in [-0.05, 0) is 31.2 Å². The number of carbonyl (C=O) groups excluding carboxylic acids is 1. The predicted molar refractivity (Wildman–Crippen MR) is 77.3 cm³/mol. The van der Waals surface area contributed by atoms with Crippen LogP contribution in [0.1, 0.15) is 19.4 Å². The van der Waals surface area contributed by atoms with E-state index in [1.54, 1.807) is 0 Å². The van der Waals surface area contributed by atoms with E-state index < -0.39 is 0 Å². The van der Waals surface area contributed by atoms with Crippen LogP contribution in [0.3, 0.4) is 0 Å². The van der Waals surface area contributed by atoms with Gasteiger partial charge in [-0.1, -0.05) is 30.3 Å². The molecular weight excluding hydrogens is 252 g/mol. The van der Waals surface area contributed by atoms with E-state index >= 15 is 0 Å². The van der Waals surface area contributed by atoms with E-state index in [-0.39, 0.29) is 11.6 Å². The largest absolute Gasteiger partial charge is 0.445 e. The van der Waals surface area contributed by atoms with Crippen molar-refractivity contribution in [2.75, 3.05) is 19.6 Å². The molecule has 4 heteroatoms. The normalized spacial score (nSPS) is 27.4. The van der Waals surface area contributed by atoms with Gasteiger partial charge >= 0.3 is 6.09 Å². The van der Waals surface area contributed by atoms with Crippen LogP contribution in [0.25, 0.3) is 0 Å². The van der Waals surface area contributed by atoms with Crippen molar-refractivity contribution >= 4 is 6.09 Å². The SMILES string of the molecule is CC1(C)NCC2CN(C(=O)OCc3ccccc3)CC21. The van der Waals surface area contributed by atoms with Crippen LogP contribution in [0.5, 0.6) is 0 Å². The quantitative estimate of drug-likeness (QED) is 0.899. The lowest BCUT2D eigenvalue weighted by atomic mass is 9.85. The number of hydrogen-bond acceptors (Lipinski definition) is 3. The molecule has 0 bridgehead atoms. The third kappa shape index (κ3) is 2.52. The Balaban J connectivity index is 1.55. The Bertz CT molecular complexity index is 487. The van der Waals surface area contributed by atoms with Crippen LogP contribution in [-0.4, -0.2) is 36.2 Å². The Hall–Kier alpha value is -1.55. The van der Waals surface area contributed by atoms with Gasteiger partial charge in [0.25, 0.3) is 0 Å². The van der Waals surface area contributed by atoms with Gasteiger partial charge in [0, 0.05) is 25.2 Å². The Morgan fingerprint density at radius 2 is 2.10 bits per heavy atom. The first-order valence-electron chi connectivity index (χ1n) is 7.27. The molecule has 0 aromatic heterocycles. The Morgan fingerprint density at radius 3 is 2.80 bits per heavy atom. The summed E-state index contributed by atoms with van der Waals surface area (Å²) in [4.78, 5) is 14.0. The average molecular weight is 274 g/mol. The van der Waals surface area contributed by atoms with E-state index in [1.807, 2.05) is 35.2 Å². The molecule has 3 rings (SSSR count). The van der Waals surface area contributed by atoms with Crippen LogP contribution < -0.4 is 5.32 Å². The van der Waals surface area contributed by atoms with Gasteiger partial charge in [-0.25, -0.2) is 4.79 Å². The summed E-state index contributed by atoms with van der Waals surface area (Å²) in [5.74, 6) is 1.10. The number of amides is 1. The van der Waals surface area contributed by atoms with E-state index in [1.165, 1.54) is 0 Å². The zero-order chi connectivity index (χ0) is 14.2. The second kappa shape index (κ2) is 5.09. The zero-order valence-electron chi connectivity index (χ0n) is 12.1. The van der Waals surface area contributed by atoms with Crippen LogP contribution in [0.15, 0.2) is 30.3 Å². The molecule has 1 aromatic rings. The molecule has 1 amide bonds. The second-order valence-electron chi connectivity index (χ2n) is 6.41. The lowest BCUT2D eigenvalue weighted by Gasteiger charge is -2.27. The van der Waals surface area contributed by atoms with Crippen LogP contribution in [0, 0.1) is 11.8 Å². The lowest BCUT2D eigenvalue weighted by molar-refractivity contribution is 0.100. The number of hydrogen-bond donors (Lipinski definition) is 1. The smallest absolute Gasteiger partial charge is 0.410 e. The molecule has 20 heavy (non-hydrogen) atoms. The van der Waals surface area contributed by atoms with Gasteiger partial charge in [-0.2, -0.15) is 0 Å². The molecule has 2 heterocycles. The number of nitrogens with one attached hydrogen (secondary N) is 1. The molecule has 1 aromatic carbocycles. The Labute approximate surface area is 120 Å². The van der Waals surface area contributed by atoms with Gasteiger partial charge in [0.2, 0.25) is 0 Å². The van der Waals surface area contributed by atoms with Crippen molar-refractivity contribution in [2.45, 2.75) is 26.0 Å². The summed E-state index contributed by atoms with van der Waals surface area (Å²) in [7, 11) is 0. The fraction of sp³-hybridized carbons (Fsp3) is 0.562. The average Bonchev–Trinajstić information content (AvgIpc) is 2.99. The second-order valence-corrected chi connectivity index (χ2v) is 6.41. The summed E-state index contributed by atoms with van der Waals surface area (Å²) >= 11 is 0. The van der Waals surface area contributed by atoms with E-state index in [2.05, 4.69) is 19.2 Å². The van der Waals surface area contributed by atoms with Crippen molar-refractivity contribution in [3.63, 3.8) is 0 Å². The first-order valence-corrected chi connectivity index (χ1v) is 7.27. The van der Waals surface area contributed by atoms with Crippen molar-refractivity contribution in [3.05, 3.63) is 35.9 Å². The highest BCUT2D eigenvalue weighted by atomic mass is 16.6. The third-order valence-corrected chi connectivity index (χ3v) is 4.65. The summed E-state index contributed by atoms with van der Waals surface area (Å²) in [5.41, 5.74) is 1.15. The molecule has 108 valence electrons. The van der Waals surface area contributed by atoms with Gasteiger partial charge in [0.1, 0.15) is 6.61 Å². The standard InChI is InChI=1S/C16H22N2O2/c1-16(2)14-10-18(9-13(14)8-17-16)15(19)20-11-12-6-4-3-5-7-12/h3-7,13-14,17H,8-11H2,1-2H3. The minimum Gasteiger partial charge on any atom is -0.445 e. The number of likely N-dealkylation sites (tertiary alicyclic amines) is 1. The van der Waals surface area contributed by atoms with E-state index in [0.717, 1.165) is 25.2 Å². The van der Waals surface area contributed by atoms with Crippen LogP contribution >= 0.6 is 0 Å². The van der Waals surface area contributed by atoms with Gasteiger partial charge in [-0.15, -0.1) is 0 Å². The predicted octanol–water partition coefficient (Wildman–Crippen LogP) is 2.25. The maximum Gasteiger partial charge on any atom is 0.410 e. The maximum atomic E-state index is 12.1. The van der Waals surface area contributed by atoms with Crippen LogP contribution in [0.2, 0.25) is 0 Å². The van der Waals surface area contributed by atoms with Gasteiger partial charge in [0.05, 0.1) is 0 Å². The molecule has 1 N–H and O–H groups in total. The summed E-state index contributed by atoms with van der Waals surface area (Å²) < 4.78 is 5.41. The van der Waals surface area contributed by atoms with Gasteiger partial charge < -0.3 is 15.0 Å². The lowest BCUT2D eigenvalue weighted by Crippen LogP contribution is -2.42. The molecule has 2 unspecified atom stereocenters. The highest BCUT2D eigenvalue weighted by Gasteiger charge is 2.48. The first-order chi connectivity index (χ1) is 9.56. The number of carbonyl (C=O) groups is 1. The van der Waals surface area contributed by atoms with Gasteiger partial charge in [-0.3, -0.25) is 0 Å². The van der Waals surface area contributed by atoms with Crippen molar-refractivity contribution < 1.29 is 9.53 Å². The van der Waals surface area contributed by atoms with Crippen molar-refractivity contribution in [1.29, 1.82) is 0 Å². The summed E-state index contributed by atoms with van der Waals surface area (Å²) in [6, 6.07) is 9.81. The summed E-state index contributed by atoms with van der Waals surface area (Å²) in [5, 5.41) is 3.54. The molecule has 2 atom stereocenters. The fourth-order valence-electron chi connectivity index (χ4n) is 3.38. The first kappa shape index (κ1) is 13.4. The van der Waals surface area contributed by atoms with Crippen molar-refractivity contribution in [3.8, 4) is 0 Å².